The Morgan fingerprint density at radius 3 is 2.67 bits per heavy atom. The van der Waals surface area contributed by atoms with Crippen LogP contribution in [0.15, 0.2) is 24.3 Å². The second-order valence-electron chi connectivity index (χ2n) is 5.13. The SMILES string of the molecule is O=C(C[C@@H]1CCS(=O)(=O)C1)NCCOc1ccc(Cl)cc1. The Balaban J connectivity index is 1.62. The molecule has 0 bridgehead atoms. The van der Waals surface area contributed by atoms with Crippen molar-refractivity contribution in [3.63, 3.8) is 0 Å². The van der Waals surface area contributed by atoms with Crippen LogP contribution in [0.2, 0.25) is 5.02 Å². The first-order chi connectivity index (χ1) is 9.94. The van der Waals surface area contributed by atoms with E-state index in [9.17, 15) is 13.2 Å². The Labute approximate surface area is 129 Å². The second-order valence-corrected chi connectivity index (χ2v) is 7.79. The van der Waals surface area contributed by atoms with Crippen molar-refractivity contribution in [1.29, 1.82) is 0 Å². The third kappa shape index (κ3) is 5.55. The number of amides is 1. The molecule has 0 aliphatic carbocycles. The van der Waals surface area contributed by atoms with E-state index in [1.165, 1.54) is 0 Å². The molecule has 0 unspecified atom stereocenters. The maximum absolute atomic E-state index is 11.7. The van der Waals surface area contributed by atoms with Gasteiger partial charge in [-0.2, -0.15) is 0 Å². The van der Waals surface area contributed by atoms with Crippen LogP contribution in [-0.2, 0) is 14.6 Å². The van der Waals surface area contributed by atoms with E-state index in [4.69, 9.17) is 16.3 Å². The summed E-state index contributed by atoms with van der Waals surface area (Å²) in [7, 11) is -2.92. The largest absolute Gasteiger partial charge is 0.492 e. The fourth-order valence-electron chi connectivity index (χ4n) is 2.26. The highest BCUT2D eigenvalue weighted by molar-refractivity contribution is 7.91. The molecule has 1 aliphatic rings. The van der Waals surface area contributed by atoms with Gasteiger partial charge in [0.15, 0.2) is 9.84 Å². The molecule has 0 saturated carbocycles. The molecule has 0 radical (unpaired) electrons. The predicted molar refractivity (Wildman–Crippen MR) is 81.3 cm³/mol. The normalized spacial score (nSPS) is 20.1. The van der Waals surface area contributed by atoms with Gasteiger partial charge in [0.25, 0.3) is 0 Å². The average molecular weight is 332 g/mol. The van der Waals surface area contributed by atoms with Crippen LogP contribution in [0.4, 0.5) is 0 Å². The van der Waals surface area contributed by atoms with E-state index in [1.807, 2.05) is 0 Å². The van der Waals surface area contributed by atoms with Crippen molar-refractivity contribution in [1.82, 2.24) is 5.32 Å². The molecule has 5 nitrogen and oxygen atoms in total. The summed E-state index contributed by atoms with van der Waals surface area (Å²) in [5, 5.41) is 3.37. The minimum Gasteiger partial charge on any atom is -0.492 e. The number of sulfone groups is 1. The van der Waals surface area contributed by atoms with Gasteiger partial charge in [-0.05, 0) is 36.6 Å². The van der Waals surface area contributed by atoms with Crippen LogP contribution < -0.4 is 10.1 Å². The van der Waals surface area contributed by atoms with E-state index >= 15 is 0 Å². The summed E-state index contributed by atoms with van der Waals surface area (Å²) >= 11 is 5.76. The molecule has 1 N–H and O–H groups in total. The molecule has 1 atom stereocenters. The van der Waals surface area contributed by atoms with Gasteiger partial charge in [-0.15, -0.1) is 0 Å². The molecule has 1 amide bonds. The molecule has 0 aromatic heterocycles. The number of carbonyl (C=O) groups excluding carboxylic acids is 1. The molecule has 7 heteroatoms. The Kier molecular flexibility index (Phi) is 5.47. The number of carbonyl (C=O) groups is 1. The van der Waals surface area contributed by atoms with Gasteiger partial charge >= 0.3 is 0 Å². The van der Waals surface area contributed by atoms with Gasteiger partial charge in [0.2, 0.25) is 5.91 Å². The van der Waals surface area contributed by atoms with Gasteiger partial charge in [0, 0.05) is 11.4 Å². The predicted octanol–water partition coefficient (Wildman–Crippen LogP) is 1.66. The minimum absolute atomic E-state index is 0.0489. The van der Waals surface area contributed by atoms with Gasteiger partial charge in [-0.3, -0.25) is 4.79 Å². The van der Waals surface area contributed by atoms with Gasteiger partial charge in [-0.25, -0.2) is 8.42 Å². The van der Waals surface area contributed by atoms with Crippen molar-refractivity contribution in [2.45, 2.75) is 12.8 Å². The van der Waals surface area contributed by atoms with E-state index in [1.54, 1.807) is 24.3 Å². The van der Waals surface area contributed by atoms with Gasteiger partial charge < -0.3 is 10.1 Å². The molecule has 1 aliphatic heterocycles. The van der Waals surface area contributed by atoms with Crippen LogP contribution >= 0.6 is 11.6 Å². The lowest BCUT2D eigenvalue weighted by Gasteiger charge is -2.10. The molecule has 21 heavy (non-hydrogen) atoms. The highest BCUT2D eigenvalue weighted by Gasteiger charge is 2.29. The van der Waals surface area contributed by atoms with E-state index < -0.39 is 9.84 Å². The monoisotopic (exact) mass is 331 g/mol. The van der Waals surface area contributed by atoms with Crippen molar-refractivity contribution in [2.75, 3.05) is 24.7 Å². The highest BCUT2D eigenvalue weighted by atomic mass is 35.5. The number of hydrogen-bond acceptors (Lipinski definition) is 4. The quantitative estimate of drug-likeness (QED) is 0.805. The second kappa shape index (κ2) is 7.13. The molecule has 116 valence electrons. The number of hydrogen-bond donors (Lipinski definition) is 1. The van der Waals surface area contributed by atoms with Crippen LogP contribution in [0.5, 0.6) is 5.75 Å². The summed E-state index contributed by atoms with van der Waals surface area (Å²) in [6, 6.07) is 6.98. The molecular formula is C14H18ClNO4S. The van der Waals surface area contributed by atoms with Crippen molar-refractivity contribution in [2.24, 2.45) is 5.92 Å². The number of benzene rings is 1. The summed E-state index contributed by atoms with van der Waals surface area (Å²) in [4.78, 5) is 11.7. The molecule has 1 saturated heterocycles. The lowest BCUT2D eigenvalue weighted by molar-refractivity contribution is -0.121. The standard InChI is InChI=1S/C14H18ClNO4S/c15-12-1-3-13(4-2-12)20-7-6-16-14(17)9-11-5-8-21(18,19)10-11/h1-4,11H,5-10H2,(H,16,17)/t11-/m0/s1. The summed E-state index contributed by atoms with van der Waals surface area (Å²) < 4.78 is 28.1. The van der Waals surface area contributed by atoms with E-state index in [0.29, 0.717) is 30.3 Å². The Morgan fingerprint density at radius 1 is 1.33 bits per heavy atom. The van der Waals surface area contributed by atoms with Crippen LogP contribution in [0, 0.1) is 5.92 Å². The summed E-state index contributed by atoms with van der Waals surface area (Å²) in [5.74, 6) is 0.839. The highest BCUT2D eigenvalue weighted by Crippen LogP contribution is 2.21. The van der Waals surface area contributed by atoms with Crippen molar-refractivity contribution < 1.29 is 17.9 Å². The van der Waals surface area contributed by atoms with Crippen molar-refractivity contribution in [3.8, 4) is 5.75 Å². The molecule has 1 aromatic carbocycles. The maximum atomic E-state index is 11.7. The van der Waals surface area contributed by atoms with Gasteiger partial charge in [0.1, 0.15) is 12.4 Å². The zero-order valence-corrected chi connectivity index (χ0v) is 13.1. The minimum atomic E-state index is -2.92. The molecular weight excluding hydrogens is 314 g/mol. The average Bonchev–Trinajstić information content (AvgIpc) is 2.76. The molecule has 2 rings (SSSR count). The Hall–Kier alpha value is -1.27. The molecule has 1 aromatic rings. The first-order valence-corrected chi connectivity index (χ1v) is 9.00. The summed E-state index contributed by atoms with van der Waals surface area (Å²) in [6.45, 7) is 0.747. The fraction of sp³-hybridized carbons (Fsp3) is 0.500. The Bertz CT molecular complexity index is 585. The first kappa shape index (κ1) is 16.1. The van der Waals surface area contributed by atoms with Gasteiger partial charge in [0.05, 0.1) is 18.1 Å². The number of rotatable bonds is 6. The third-order valence-corrected chi connectivity index (χ3v) is 5.40. The van der Waals surface area contributed by atoms with Gasteiger partial charge in [-0.1, -0.05) is 11.6 Å². The van der Waals surface area contributed by atoms with E-state index in [0.717, 1.165) is 0 Å². The molecule has 1 heterocycles. The van der Waals surface area contributed by atoms with Crippen molar-refractivity contribution >= 4 is 27.3 Å². The fourth-order valence-corrected chi connectivity index (χ4v) is 4.25. The number of ether oxygens (including phenoxy) is 1. The number of halogens is 1. The molecule has 0 spiro atoms. The van der Waals surface area contributed by atoms with Crippen LogP contribution in [0.3, 0.4) is 0 Å². The molecule has 1 fully saturated rings. The zero-order valence-electron chi connectivity index (χ0n) is 11.5. The first-order valence-electron chi connectivity index (χ1n) is 6.80. The van der Waals surface area contributed by atoms with Crippen LogP contribution in [-0.4, -0.2) is 39.0 Å². The lowest BCUT2D eigenvalue weighted by atomic mass is 10.1. The van der Waals surface area contributed by atoms with Crippen LogP contribution in [0.1, 0.15) is 12.8 Å². The zero-order chi connectivity index (χ0) is 15.3. The maximum Gasteiger partial charge on any atom is 0.220 e. The van der Waals surface area contributed by atoms with Crippen molar-refractivity contribution in [3.05, 3.63) is 29.3 Å². The lowest BCUT2D eigenvalue weighted by Crippen LogP contribution is -2.29. The topological polar surface area (TPSA) is 72.5 Å². The smallest absolute Gasteiger partial charge is 0.220 e. The van der Waals surface area contributed by atoms with E-state index in [2.05, 4.69) is 5.32 Å². The van der Waals surface area contributed by atoms with Crippen LogP contribution in [0.25, 0.3) is 0 Å². The summed E-state index contributed by atoms with van der Waals surface area (Å²) in [5.41, 5.74) is 0. The Morgan fingerprint density at radius 2 is 2.05 bits per heavy atom. The van der Waals surface area contributed by atoms with E-state index in [-0.39, 0.29) is 29.8 Å². The summed E-state index contributed by atoms with van der Waals surface area (Å²) in [6.07, 6.45) is 0.844. The number of nitrogens with one attached hydrogen (secondary N) is 1. The third-order valence-electron chi connectivity index (χ3n) is 3.31.